The number of hydrogen-bond acceptors (Lipinski definition) is 4. The lowest BCUT2D eigenvalue weighted by Crippen LogP contribution is -3.14. The van der Waals surface area contributed by atoms with Gasteiger partial charge in [0.05, 0.1) is 19.3 Å². The van der Waals surface area contributed by atoms with E-state index in [0.717, 1.165) is 49.0 Å². The molecule has 0 atom stereocenters. The molecule has 0 radical (unpaired) electrons. The number of aryl methyl sites for hydroxylation is 1. The molecule has 3 heterocycles. The molecule has 0 saturated carbocycles. The molecular formula is C22H30N6OS+2. The van der Waals surface area contributed by atoms with Gasteiger partial charge in [-0.2, -0.15) is 4.68 Å². The second-order valence-corrected chi connectivity index (χ2v) is 8.13. The molecule has 0 aliphatic carbocycles. The Bertz CT molecular complexity index is 1020. The van der Waals surface area contributed by atoms with E-state index in [1.807, 2.05) is 16.9 Å². The normalized spacial score (nSPS) is 14.9. The summed E-state index contributed by atoms with van der Waals surface area (Å²) in [4.78, 5) is 7.22. The van der Waals surface area contributed by atoms with E-state index in [1.54, 1.807) is 7.11 Å². The summed E-state index contributed by atoms with van der Waals surface area (Å²) < 4.78 is 10.2. The lowest BCUT2D eigenvalue weighted by atomic mass is 10.1. The van der Waals surface area contributed by atoms with Gasteiger partial charge in [0.25, 0.3) is 5.82 Å². The summed E-state index contributed by atoms with van der Waals surface area (Å²) in [5, 5.41) is 4.92. The maximum absolute atomic E-state index is 5.81. The summed E-state index contributed by atoms with van der Waals surface area (Å²) >= 11 is 5.81. The van der Waals surface area contributed by atoms with Gasteiger partial charge in [-0.1, -0.05) is 29.8 Å². The summed E-state index contributed by atoms with van der Waals surface area (Å²) in [5.74, 6) is 2.09. The first kappa shape index (κ1) is 20.7. The number of ether oxygens (including phenoxy) is 1. The van der Waals surface area contributed by atoms with Crippen LogP contribution in [0.4, 0.5) is 5.82 Å². The van der Waals surface area contributed by atoms with E-state index in [2.05, 4.69) is 57.8 Å². The summed E-state index contributed by atoms with van der Waals surface area (Å²) in [6, 6.07) is 14.6. The van der Waals surface area contributed by atoms with Crippen LogP contribution in [0.5, 0.6) is 0 Å². The van der Waals surface area contributed by atoms with Gasteiger partial charge >= 0.3 is 0 Å². The van der Waals surface area contributed by atoms with E-state index in [0.29, 0.717) is 13.2 Å². The molecule has 0 unspecified atom stereocenters. The van der Waals surface area contributed by atoms with Crippen LogP contribution in [0.3, 0.4) is 0 Å². The zero-order valence-corrected chi connectivity index (χ0v) is 18.5. The van der Waals surface area contributed by atoms with Crippen LogP contribution < -0.4 is 14.8 Å². The smallest absolute Gasteiger partial charge is 0.274 e. The zero-order valence-electron chi connectivity index (χ0n) is 17.7. The van der Waals surface area contributed by atoms with Gasteiger partial charge in [-0.05, 0) is 31.3 Å². The molecule has 158 valence electrons. The molecule has 1 saturated heterocycles. The summed E-state index contributed by atoms with van der Waals surface area (Å²) in [7, 11) is 1.72. The molecule has 7 nitrogen and oxygen atoms in total. The van der Waals surface area contributed by atoms with Crippen molar-refractivity contribution in [2.75, 3.05) is 44.8 Å². The highest BCUT2D eigenvalue weighted by Gasteiger charge is 2.27. The largest absolute Gasteiger partial charge is 0.383 e. The Morgan fingerprint density at radius 1 is 1.17 bits per heavy atom. The standard InChI is InChI=1S/C22H28N6OS/c1-18-6-5-7-19(16-18)21-24-28(22(30)27(21)14-15-29-2)17-25-10-12-26(13-11-25)20-8-3-4-9-23-20/h3-9,16H,10-15,17H2,1-2H3/p+2. The molecule has 0 spiro atoms. The first-order chi connectivity index (χ1) is 14.7. The third kappa shape index (κ3) is 4.61. The number of benzene rings is 1. The van der Waals surface area contributed by atoms with Crippen molar-refractivity contribution in [3.63, 3.8) is 0 Å². The van der Waals surface area contributed by atoms with Gasteiger partial charge < -0.3 is 9.64 Å². The van der Waals surface area contributed by atoms with E-state index in [-0.39, 0.29) is 0 Å². The molecule has 8 heteroatoms. The minimum atomic E-state index is 0.609. The van der Waals surface area contributed by atoms with Crippen LogP contribution in [0, 0.1) is 11.7 Å². The molecule has 4 rings (SSSR count). The van der Waals surface area contributed by atoms with Gasteiger partial charge in [0.2, 0.25) is 4.77 Å². The van der Waals surface area contributed by atoms with Crippen molar-refractivity contribution in [3.8, 4) is 11.4 Å². The number of nitrogens with zero attached hydrogens (tertiary/aromatic N) is 4. The number of pyridine rings is 1. The molecule has 2 aromatic heterocycles. The summed E-state index contributed by atoms with van der Waals surface area (Å²) in [5.41, 5.74) is 2.31. The van der Waals surface area contributed by atoms with Crippen molar-refractivity contribution in [1.82, 2.24) is 14.3 Å². The zero-order chi connectivity index (χ0) is 20.9. The molecular weight excluding hydrogens is 396 g/mol. The van der Waals surface area contributed by atoms with Gasteiger partial charge in [-0.3, -0.25) is 9.47 Å². The number of quaternary nitrogens is 1. The van der Waals surface area contributed by atoms with Crippen LogP contribution in [0.1, 0.15) is 5.56 Å². The van der Waals surface area contributed by atoms with Crippen LogP contribution in [-0.4, -0.2) is 54.2 Å². The Morgan fingerprint density at radius 3 is 2.70 bits per heavy atom. The van der Waals surface area contributed by atoms with Crippen LogP contribution in [0.15, 0.2) is 48.7 Å². The van der Waals surface area contributed by atoms with Gasteiger partial charge in [-0.15, -0.1) is 5.10 Å². The number of anilines is 1. The number of methoxy groups -OCH3 is 1. The SMILES string of the molecule is COCCn1c(-c2cccc(C)c2)nn(C[NH+]2CCN(c3cccc[nH+]3)CC2)c1=S. The lowest BCUT2D eigenvalue weighted by Gasteiger charge is -2.27. The van der Waals surface area contributed by atoms with E-state index in [1.165, 1.54) is 16.3 Å². The Balaban J connectivity index is 1.51. The molecule has 1 aromatic carbocycles. The van der Waals surface area contributed by atoms with E-state index in [9.17, 15) is 0 Å². The molecule has 30 heavy (non-hydrogen) atoms. The number of hydrogen-bond donors (Lipinski definition) is 1. The molecule has 3 aromatic rings. The fourth-order valence-electron chi connectivity index (χ4n) is 3.94. The van der Waals surface area contributed by atoms with E-state index in [4.69, 9.17) is 22.1 Å². The quantitative estimate of drug-likeness (QED) is 0.577. The first-order valence-corrected chi connectivity index (χ1v) is 10.9. The summed E-state index contributed by atoms with van der Waals surface area (Å²) in [6.07, 6.45) is 1.98. The number of H-pyrrole nitrogens is 1. The third-order valence-corrected chi connectivity index (χ3v) is 6.03. The number of piperazine rings is 1. The van der Waals surface area contributed by atoms with Gasteiger partial charge in [-0.25, -0.2) is 4.98 Å². The molecule has 1 fully saturated rings. The topological polar surface area (TPSA) is 53.8 Å². The Kier molecular flexibility index (Phi) is 6.56. The first-order valence-electron chi connectivity index (χ1n) is 10.4. The maximum Gasteiger partial charge on any atom is 0.274 e. The van der Waals surface area contributed by atoms with Crippen molar-refractivity contribution in [3.05, 3.63) is 59.0 Å². The number of nitrogens with one attached hydrogen (secondary N) is 2. The molecule has 0 amide bonds. The van der Waals surface area contributed by atoms with Crippen LogP contribution >= 0.6 is 12.2 Å². The van der Waals surface area contributed by atoms with Crippen LogP contribution in [0.25, 0.3) is 11.4 Å². The van der Waals surface area contributed by atoms with Crippen molar-refractivity contribution in [2.24, 2.45) is 0 Å². The van der Waals surface area contributed by atoms with Crippen molar-refractivity contribution in [2.45, 2.75) is 20.1 Å². The Morgan fingerprint density at radius 2 is 2.00 bits per heavy atom. The fraction of sp³-hybridized carbons (Fsp3) is 0.409. The highest BCUT2D eigenvalue weighted by molar-refractivity contribution is 7.71. The number of aromatic nitrogens is 4. The van der Waals surface area contributed by atoms with Gasteiger partial charge in [0, 0.05) is 18.7 Å². The highest BCUT2D eigenvalue weighted by atomic mass is 32.1. The average Bonchev–Trinajstić information content (AvgIpc) is 3.08. The predicted molar refractivity (Wildman–Crippen MR) is 119 cm³/mol. The van der Waals surface area contributed by atoms with E-state index < -0.39 is 0 Å². The Labute approximate surface area is 182 Å². The summed E-state index contributed by atoms with van der Waals surface area (Å²) in [6.45, 7) is 8.32. The van der Waals surface area contributed by atoms with Crippen LogP contribution in [-0.2, 0) is 18.0 Å². The fourth-order valence-corrected chi connectivity index (χ4v) is 4.22. The second-order valence-electron chi connectivity index (χ2n) is 7.76. The third-order valence-electron chi connectivity index (χ3n) is 5.60. The van der Waals surface area contributed by atoms with E-state index >= 15 is 0 Å². The minimum absolute atomic E-state index is 0.609. The lowest BCUT2D eigenvalue weighted by molar-refractivity contribution is -0.924. The molecule has 2 N–H and O–H groups in total. The van der Waals surface area contributed by atoms with Crippen molar-refractivity contribution in [1.29, 1.82) is 0 Å². The Hall–Kier alpha value is -2.55. The number of aromatic amines is 1. The van der Waals surface area contributed by atoms with Crippen LogP contribution in [0.2, 0.25) is 0 Å². The van der Waals surface area contributed by atoms with Gasteiger partial charge in [0.15, 0.2) is 12.5 Å². The maximum atomic E-state index is 5.81. The minimum Gasteiger partial charge on any atom is -0.383 e. The average molecular weight is 427 g/mol. The van der Waals surface area contributed by atoms with Gasteiger partial charge in [0.1, 0.15) is 26.2 Å². The second kappa shape index (κ2) is 9.51. The highest BCUT2D eigenvalue weighted by Crippen LogP contribution is 2.19. The van der Waals surface area contributed by atoms with Crippen molar-refractivity contribution >= 4 is 18.0 Å². The number of rotatable bonds is 7. The van der Waals surface area contributed by atoms with Crippen molar-refractivity contribution < 1.29 is 14.6 Å². The monoisotopic (exact) mass is 426 g/mol. The molecule has 1 aliphatic heterocycles. The molecule has 0 bridgehead atoms. The molecule has 1 aliphatic rings. The predicted octanol–water partition coefficient (Wildman–Crippen LogP) is 1.21.